The van der Waals surface area contributed by atoms with Gasteiger partial charge in [0.15, 0.2) is 5.78 Å². The number of carbonyl (C=O) groups excluding carboxylic acids is 2. The molecule has 0 bridgehead atoms. The van der Waals surface area contributed by atoms with Gasteiger partial charge in [-0.2, -0.15) is 0 Å². The van der Waals surface area contributed by atoms with Crippen molar-refractivity contribution in [1.29, 1.82) is 0 Å². The molecule has 18 heavy (non-hydrogen) atoms. The van der Waals surface area contributed by atoms with Crippen LogP contribution in [0.2, 0.25) is 0 Å². The number of rotatable bonds is 3. The Labute approximate surface area is 108 Å². The Bertz CT molecular complexity index is 441. The van der Waals surface area contributed by atoms with Crippen LogP contribution in [0, 0.1) is 5.41 Å². The highest BCUT2D eigenvalue weighted by molar-refractivity contribution is 6.14. The number of carbonyl (C=O) groups is 2. The first-order chi connectivity index (χ1) is 8.70. The van der Waals surface area contributed by atoms with Crippen molar-refractivity contribution in [2.24, 2.45) is 5.41 Å². The number of nitrogens with one attached hydrogen (secondary N) is 1. The quantitative estimate of drug-likeness (QED) is 0.657. The van der Waals surface area contributed by atoms with Gasteiger partial charge in [0.2, 0.25) is 5.91 Å². The van der Waals surface area contributed by atoms with E-state index in [0.717, 1.165) is 12.8 Å². The highest BCUT2D eigenvalue weighted by atomic mass is 16.2. The summed E-state index contributed by atoms with van der Waals surface area (Å²) in [6.45, 7) is 2.61. The van der Waals surface area contributed by atoms with E-state index in [9.17, 15) is 9.59 Å². The summed E-state index contributed by atoms with van der Waals surface area (Å²) in [6, 6.07) is 9.13. The van der Waals surface area contributed by atoms with Gasteiger partial charge in [-0.3, -0.25) is 9.59 Å². The maximum absolute atomic E-state index is 12.7. The van der Waals surface area contributed by atoms with Crippen LogP contribution in [0.3, 0.4) is 0 Å². The molecular weight excluding hydrogens is 226 g/mol. The molecule has 2 rings (SSSR count). The van der Waals surface area contributed by atoms with Gasteiger partial charge >= 0.3 is 0 Å². The molecule has 1 fully saturated rings. The molecule has 1 N–H and O–H groups in total. The first kappa shape index (κ1) is 12.8. The third-order valence-electron chi connectivity index (χ3n) is 3.82. The molecule has 1 heterocycles. The highest BCUT2D eigenvalue weighted by Crippen LogP contribution is 2.34. The zero-order valence-corrected chi connectivity index (χ0v) is 10.7. The Morgan fingerprint density at radius 3 is 2.67 bits per heavy atom. The maximum Gasteiger partial charge on any atom is 0.234 e. The monoisotopic (exact) mass is 245 g/mol. The van der Waals surface area contributed by atoms with Gasteiger partial charge in [-0.15, -0.1) is 0 Å². The van der Waals surface area contributed by atoms with E-state index in [2.05, 4.69) is 5.32 Å². The Balaban J connectivity index is 2.36. The SMILES string of the molecule is CCC1(C(=O)c2ccccc2)CCCCNC1=O. The van der Waals surface area contributed by atoms with Crippen LogP contribution >= 0.6 is 0 Å². The smallest absolute Gasteiger partial charge is 0.234 e. The maximum atomic E-state index is 12.7. The van der Waals surface area contributed by atoms with Crippen molar-refractivity contribution in [1.82, 2.24) is 5.32 Å². The molecule has 1 aliphatic heterocycles. The van der Waals surface area contributed by atoms with Crippen LogP contribution in [-0.2, 0) is 4.79 Å². The zero-order chi connectivity index (χ0) is 13.0. The molecule has 1 saturated heterocycles. The largest absolute Gasteiger partial charge is 0.355 e. The van der Waals surface area contributed by atoms with Gasteiger partial charge in [-0.25, -0.2) is 0 Å². The summed E-state index contributed by atoms with van der Waals surface area (Å²) in [5.74, 6) is -0.138. The van der Waals surface area contributed by atoms with E-state index in [1.54, 1.807) is 12.1 Å². The van der Waals surface area contributed by atoms with Gasteiger partial charge in [0.05, 0.1) is 0 Å². The van der Waals surface area contributed by atoms with Crippen molar-refractivity contribution < 1.29 is 9.59 Å². The summed E-state index contributed by atoms with van der Waals surface area (Å²) >= 11 is 0. The predicted octanol–water partition coefficient (Wildman–Crippen LogP) is 2.57. The highest BCUT2D eigenvalue weighted by Gasteiger charge is 2.44. The molecule has 96 valence electrons. The topological polar surface area (TPSA) is 46.2 Å². The predicted molar refractivity (Wildman–Crippen MR) is 70.4 cm³/mol. The normalized spacial score (nSPS) is 24.2. The van der Waals surface area contributed by atoms with Crippen LogP contribution in [0.5, 0.6) is 0 Å². The minimum Gasteiger partial charge on any atom is -0.355 e. The molecule has 1 atom stereocenters. The number of Topliss-reactive ketones (excluding diaryl/α,β-unsaturated/α-hetero) is 1. The molecule has 0 radical (unpaired) electrons. The average molecular weight is 245 g/mol. The van der Waals surface area contributed by atoms with Gasteiger partial charge in [0.25, 0.3) is 0 Å². The Morgan fingerprint density at radius 2 is 2.00 bits per heavy atom. The van der Waals surface area contributed by atoms with Crippen molar-refractivity contribution >= 4 is 11.7 Å². The van der Waals surface area contributed by atoms with Crippen molar-refractivity contribution in [2.45, 2.75) is 32.6 Å². The molecule has 0 aliphatic carbocycles. The van der Waals surface area contributed by atoms with E-state index in [-0.39, 0.29) is 11.7 Å². The van der Waals surface area contributed by atoms with E-state index >= 15 is 0 Å². The van der Waals surface area contributed by atoms with Crippen molar-refractivity contribution in [2.75, 3.05) is 6.54 Å². The second-order valence-electron chi connectivity index (χ2n) is 4.84. The molecule has 0 saturated carbocycles. The Hall–Kier alpha value is -1.64. The lowest BCUT2D eigenvalue weighted by Crippen LogP contribution is -2.45. The summed E-state index contributed by atoms with van der Waals surface area (Å²) in [7, 11) is 0. The molecule has 1 aliphatic rings. The second-order valence-corrected chi connectivity index (χ2v) is 4.84. The van der Waals surface area contributed by atoms with Crippen LogP contribution in [0.1, 0.15) is 43.0 Å². The van der Waals surface area contributed by atoms with Crippen molar-refractivity contribution in [3.63, 3.8) is 0 Å². The average Bonchev–Trinajstić information content (AvgIpc) is 2.61. The van der Waals surface area contributed by atoms with Gasteiger partial charge in [0.1, 0.15) is 5.41 Å². The number of benzene rings is 1. The van der Waals surface area contributed by atoms with E-state index in [1.165, 1.54) is 0 Å². The van der Waals surface area contributed by atoms with Crippen LogP contribution < -0.4 is 5.32 Å². The number of ketones is 1. The fourth-order valence-electron chi connectivity index (χ4n) is 2.62. The minimum atomic E-state index is -0.863. The zero-order valence-electron chi connectivity index (χ0n) is 10.7. The van der Waals surface area contributed by atoms with Gasteiger partial charge in [-0.05, 0) is 19.3 Å². The van der Waals surface area contributed by atoms with Crippen LogP contribution in [0.15, 0.2) is 30.3 Å². The van der Waals surface area contributed by atoms with Crippen LogP contribution in [-0.4, -0.2) is 18.2 Å². The van der Waals surface area contributed by atoms with Crippen LogP contribution in [0.25, 0.3) is 0 Å². The summed E-state index contributed by atoms with van der Waals surface area (Å²) in [5.41, 5.74) is -0.228. The number of amides is 1. The Kier molecular flexibility index (Phi) is 3.80. The third-order valence-corrected chi connectivity index (χ3v) is 3.82. The van der Waals surface area contributed by atoms with E-state index in [1.807, 2.05) is 25.1 Å². The lowest BCUT2D eigenvalue weighted by atomic mass is 9.74. The lowest BCUT2D eigenvalue weighted by molar-refractivity contribution is -0.128. The fraction of sp³-hybridized carbons (Fsp3) is 0.467. The summed E-state index contributed by atoms with van der Waals surface area (Å²) in [4.78, 5) is 24.9. The molecule has 1 aromatic rings. The Morgan fingerprint density at radius 1 is 1.28 bits per heavy atom. The molecule has 1 unspecified atom stereocenters. The van der Waals surface area contributed by atoms with Gasteiger partial charge in [0, 0.05) is 12.1 Å². The third kappa shape index (κ3) is 2.17. The molecule has 0 aromatic heterocycles. The summed E-state index contributed by atoms with van der Waals surface area (Å²) in [6.07, 6.45) is 3.09. The van der Waals surface area contributed by atoms with E-state index < -0.39 is 5.41 Å². The molecule has 3 nitrogen and oxygen atoms in total. The lowest BCUT2D eigenvalue weighted by Gasteiger charge is -2.28. The number of hydrogen-bond donors (Lipinski definition) is 1. The van der Waals surface area contributed by atoms with Crippen LogP contribution in [0.4, 0.5) is 0 Å². The summed E-state index contributed by atoms with van der Waals surface area (Å²) < 4.78 is 0. The second kappa shape index (κ2) is 5.34. The van der Waals surface area contributed by atoms with Gasteiger partial charge in [-0.1, -0.05) is 43.7 Å². The first-order valence-corrected chi connectivity index (χ1v) is 6.59. The molecule has 1 amide bonds. The van der Waals surface area contributed by atoms with E-state index in [0.29, 0.717) is 24.9 Å². The minimum absolute atomic E-state index is 0.0370. The van der Waals surface area contributed by atoms with Crippen molar-refractivity contribution in [3.05, 3.63) is 35.9 Å². The van der Waals surface area contributed by atoms with E-state index in [4.69, 9.17) is 0 Å². The fourth-order valence-corrected chi connectivity index (χ4v) is 2.62. The number of hydrogen-bond acceptors (Lipinski definition) is 2. The van der Waals surface area contributed by atoms with Gasteiger partial charge < -0.3 is 5.32 Å². The molecule has 0 spiro atoms. The standard InChI is InChI=1S/C15H19NO2/c1-2-15(10-6-7-11-16-14(15)18)13(17)12-8-4-3-5-9-12/h3-5,8-9H,2,6-7,10-11H2,1H3,(H,16,18). The molecule has 1 aromatic carbocycles. The molecule has 3 heteroatoms. The summed E-state index contributed by atoms with van der Waals surface area (Å²) in [5, 5.41) is 2.88. The first-order valence-electron chi connectivity index (χ1n) is 6.59. The van der Waals surface area contributed by atoms with Crippen molar-refractivity contribution in [3.8, 4) is 0 Å². The molecular formula is C15H19NO2.